The monoisotopic (exact) mass is 502 g/mol. The van der Waals surface area contributed by atoms with E-state index in [0.717, 1.165) is 44.5 Å². The molecule has 184 valence electrons. The van der Waals surface area contributed by atoms with Crippen LogP contribution in [-0.4, -0.2) is 39.3 Å². The van der Waals surface area contributed by atoms with Crippen molar-refractivity contribution >= 4 is 49.8 Å². The number of aromatic nitrogens is 3. The van der Waals surface area contributed by atoms with Gasteiger partial charge in [-0.15, -0.1) is 11.3 Å². The molecule has 36 heavy (non-hydrogen) atoms. The first kappa shape index (κ1) is 23.6. The molecule has 0 amide bonds. The molecule has 3 aromatic heterocycles. The second-order valence-electron chi connectivity index (χ2n) is 8.31. The van der Waals surface area contributed by atoms with Crippen molar-refractivity contribution in [2.75, 3.05) is 19.0 Å². The van der Waals surface area contributed by atoms with E-state index in [1.54, 1.807) is 18.4 Å². The number of fused-ring (bicyclic) bond motifs is 2. The Labute approximate surface area is 212 Å². The van der Waals surface area contributed by atoms with Crippen molar-refractivity contribution in [1.29, 1.82) is 0 Å². The fourth-order valence-electron chi connectivity index (χ4n) is 4.09. The Hall–Kier alpha value is -4.11. The highest BCUT2D eigenvalue weighted by atomic mass is 32.1. The number of benzene rings is 2. The maximum atomic E-state index is 11.0. The molecule has 8 nitrogen and oxygen atoms in total. The van der Waals surface area contributed by atoms with Crippen LogP contribution in [0.4, 0.5) is 11.5 Å². The lowest BCUT2D eigenvalue weighted by molar-refractivity contribution is -0.136. The van der Waals surface area contributed by atoms with Gasteiger partial charge in [-0.25, -0.2) is 9.97 Å². The van der Waals surface area contributed by atoms with E-state index < -0.39 is 5.97 Å². The molecule has 5 aromatic rings. The van der Waals surface area contributed by atoms with Gasteiger partial charge in [0.15, 0.2) is 11.5 Å². The number of nitrogens with zero attached hydrogens (tertiary/aromatic N) is 3. The van der Waals surface area contributed by atoms with E-state index in [9.17, 15) is 4.79 Å². The minimum Gasteiger partial charge on any atom is -0.493 e. The second kappa shape index (κ2) is 10.7. The average molecular weight is 503 g/mol. The first-order valence-electron chi connectivity index (χ1n) is 11.7. The Bertz CT molecular complexity index is 1500. The van der Waals surface area contributed by atoms with Gasteiger partial charge in [-0.3, -0.25) is 4.79 Å². The molecule has 0 radical (unpaired) electrons. The molecule has 9 heteroatoms. The molecular weight excluding hydrogens is 476 g/mol. The molecule has 0 atom stereocenters. The minimum atomic E-state index is -0.795. The van der Waals surface area contributed by atoms with Gasteiger partial charge in [0.25, 0.3) is 0 Å². The lowest BCUT2D eigenvalue weighted by atomic mass is 10.1. The summed E-state index contributed by atoms with van der Waals surface area (Å²) >= 11 is 1.61. The Morgan fingerprint density at radius 3 is 2.75 bits per heavy atom. The summed E-state index contributed by atoms with van der Waals surface area (Å²) in [5.74, 6) is 1.12. The lowest BCUT2D eigenvalue weighted by Crippen LogP contribution is -2.04. The van der Waals surface area contributed by atoms with Crippen LogP contribution in [0.25, 0.3) is 21.0 Å². The van der Waals surface area contributed by atoms with E-state index in [0.29, 0.717) is 30.3 Å². The van der Waals surface area contributed by atoms with E-state index in [1.807, 2.05) is 54.9 Å². The Morgan fingerprint density at radius 2 is 1.94 bits per heavy atom. The number of rotatable bonds is 11. The molecule has 0 aliphatic carbocycles. The molecule has 0 aliphatic rings. The van der Waals surface area contributed by atoms with Crippen LogP contribution in [0.3, 0.4) is 0 Å². The van der Waals surface area contributed by atoms with Crippen LogP contribution in [-0.2, 0) is 17.8 Å². The number of ether oxygens (including phenoxy) is 2. The van der Waals surface area contributed by atoms with E-state index in [2.05, 4.69) is 25.9 Å². The van der Waals surface area contributed by atoms with Crippen LogP contribution in [0.5, 0.6) is 11.5 Å². The normalized spacial score (nSPS) is 11.1. The van der Waals surface area contributed by atoms with Crippen LogP contribution in [0.2, 0.25) is 0 Å². The van der Waals surface area contributed by atoms with Crippen molar-refractivity contribution in [3.63, 3.8) is 0 Å². The number of thiophene rings is 1. The molecule has 2 aromatic carbocycles. The van der Waals surface area contributed by atoms with Gasteiger partial charge in [0, 0.05) is 51.0 Å². The summed E-state index contributed by atoms with van der Waals surface area (Å²) in [6.07, 6.45) is 7.08. The van der Waals surface area contributed by atoms with E-state index in [4.69, 9.17) is 14.6 Å². The van der Waals surface area contributed by atoms with Crippen LogP contribution < -0.4 is 14.8 Å². The summed E-state index contributed by atoms with van der Waals surface area (Å²) < 4.78 is 14.9. The highest BCUT2D eigenvalue weighted by Gasteiger charge is 2.14. The zero-order valence-electron chi connectivity index (χ0n) is 19.8. The number of hydrogen-bond acceptors (Lipinski definition) is 7. The molecule has 0 fully saturated rings. The van der Waals surface area contributed by atoms with Crippen molar-refractivity contribution in [2.45, 2.75) is 25.8 Å². The van der Waals surface area contributed by atoms with Crippen LogP contribution in [0.1, 0.15) is 17.7 Å². The third kappa shape index (κ3) is 5.26. The van der Waals surface area contributed by atoms with Crippen LogP contribution >= 0.6 is 11.3 Å². The summed E-state index contributed by atoms with van der Waals surface area (Å²) in [7, 11) is 1.62. The quantitative estimate of drug-likeness (QED) is 0.218. The molecule has 0 bridgehead atoms. The van der Waals surface area contributed by atoms with Crippen molar-refractivity contribution in [1.82, 2.24) is 14.5 Å². The highest BCUT2D eigenvalue weighted by Crippen LogP contribution is 2.37. The Kier molecular flexibility index (Phi) is 6.99. The van der Waals surface area contributed by atoms with Crippen molar-refractivity contribution < 1.29 is 19.4 Å². The van der Waals surface area contributed by atoms with Gasteiger partial charge in [-0.05, 0) is 49.2 Å². The summed E-state index contributed by atoms with van der Waals surface area (Å²) in [6.45, 7) is 1.42. The highest BCUT2D eigenvalue weighted by molar-refractivity contribution is 7.19. The van der Waals surface area contributed by atoms with Crippen LogP contribution in [0, 0.1) is 0 Å². The third-order valence-electron chi connectivity index (χ3n) is 5.86. The third-order valence-corrected chi connectivity index (χ3v) is 7.02. The van der Waals surface area contributed by atoms with Gasteiger partial charge in [-0.2, -0.15) is 0 Å². The smallest absolute Gasteiger partial charge is 0.303 e. The number of carbonyl (C=O) groups is 1. The summed E-state index contributed by atoms with van der Waals surface area (Å²) in [5, 5.41) is 14.3. The standard InChI is InChI=1S/C27H26N4O4S/c1-34-23-16-22-20(15-24(23)35-13-5-12-31-10-2-3-11-31)27(29-17-28-22)30-21-6-4-7-25-19(21)14-18(36-25)8-9-26(32)33/h2-4,6-7,10-11,14-17H,5,8-9,12-13H2,1H3,(H,32,33)(H,28,29,30). The predicted octanol–water partition coefficient (Wildman–Crippen LogP) is 5.88. The topological polar surface area (TPSA) is 98.5 Å². The minimum absolute atomic E-state index is 0.113. The number of hydrogen-bond donors (Lipinski definition) is 2. The number of aryl methyl sites for hydroxylation is 2. The summed E-state index contributed by atoms with van der Waals surface area (Å²) in [5.41, 5.74) is 1.64. The van der Waals surface area contributed by atoms with Crippen LogP contribution in [0.15, 0.2) is 67.3 Å². The summed E-state index contributed by atoms with van der Waals surface area (Å²) in [6, 6.07) is 15.9. The van der Waals surface area contributed by atoms with Crippen molar-refractivity contribution in [3.8, 4) is 11.5 Å². The number of aliphatic carboxylic acids is 1. The zero-order valence-corrected chi connectivity index (χ0v) is 20.6. The van der Waals surface area contributed by atoms with Crippen molar-refractivity contribution in [3.05, 3.63) is 72.1 Å². The number of carboxylic acid groups (broad SMARTS) is 1. The molecule has 3 heterocycles. The maximum absolute atomic E-state index is 11.0. The lowest BCUT2D eigenvalue weighted by Gasteiger charge is -2.14. The molecule has 0 saturated carbocycles. The van der Waals surface area contributed by atoms with Gasteiger partial charge in [0.1, 0.15) is 12.1 Å². The van der Waals surface area contributed by atoms with E-state index >= 15 is 0 Å². The number of methoxy groups -OCH3 is 1. The van der Waals surface area contributed by atoms with Gasteiger partial charge in [0.05, 0.1) is 25.7 Å². The fraction of sp³-hybridized carbons (Fsp3) is 0.222. The molecule has 0 unspecified atom stereocenters. The number of carboxylic acids is 1. The first-order chi connectivity index (χ1) is 17.6. The molecular formula is C27H26N4O4S. The SMILES string of the molecule is COc1cc2ncnc(Nc3cccc4sc(CCC(=O)O)cc34)c2cc1OCCCn1cccc1. The predicted molar refractivity (Wildman–Crippen MR) is 142 cm³/mol. The van der Waals surface area contributed by atoms with Gasteiger partial charge in [0.2, 0.25) is 0 Å². The number of anilines is 2. The molecule has 2 N–H and O–H groups in total. The van der Waals surface area contributed by atoms with Gasteiger partial charge >= 0.3 is 5.97 Å². The molecule has 0 saturated heterocycles. The fourth-order valence-corrected chi connectivity index (χ4v) is 5.18. The average Bonchev–Trinajstić information content (AvgIpc) is 3.55. The summed E-state index contributed by atoms with van der Waals surface area (Å²) in [4.78, 5) is 21.0. The Morgan fingerprint density at radius 1 is 1.08 bits per heavy atom. The van der Waals surface area contributed by atoms with Gasteiger partial charge < -0.3 is 24.5 Å². The van der Waals surface area contributed by atoms with E-state index in [1.165, 1.54) is 6.33 Å². The number of nitrogens with one attached hydrogen (secondary N) is 1. The molecule has 0 spiro atoms. The zero-order chi connectivity index (χ0) is 24.9. The molecule has 5 rings (SSSR count). The van der Waals surface area contributed by atoms with Gasteiger partial charge in [-0.1, -0.05) is 6.07 Å². The second-order valence-corrected chi connectivity index (χ2v) is 9.48. The first-order valence-corrected chi connectivity index (χ1v) is 12.5. The molecule has 0 aliphatic heterocycles. The maximum Gasteiger partial charge on any atom is 0.303 e. The van der Waals surface area contributed by atoms with E-state index in [-0.39, 0.29) is 6.42 Å². The van der Waals surface area contributed by atoms with Crippen molar-refractivity contribution in [2.24, 2.45) is 0 Å². The Balaban J connectivity index is 1.40. The largest absolute Gasteiger partial charge is 0.493 e.